The molecule has 7 heteroatoms. The molecule has 128 valence electrons. The van der Waals surface area contributed by atoms with Gasteiger partial charge in [-0.2, -0.15) is 0 Å². The number of nitrogens with one attached hydrogen (secondary N) is 2. The highest BCUT2D eigenvalue weighted by molar-refractivity contribution is 5.86. The van der Waals surface area contributed by atoms with Gasteiger partial charge < -0.3 is 20.8 Å². The van der Waals surface area contributed by atoms with Gasteiger partial charge in [-0.1, -0.05) is 36.4 Å². The zero-order valence-electron chi connectivity index (χ0n) is 13.6. The summed E-state index contributed by atoms with van der Waals surface area (Å²) in [6.07, 6.45) is 4.43. The van der Waals surface area contributed by atoms with E-state index in [1.165, 1.54) is 0 Å². The Bertz CT molecular complexity index is 842. The molecule has 0 aliphatic carbocycles. The summed E-state index contributed by atoms with van der Waals surface area (Å²) < 4.78 is 1.92. The standard InChI is InChI=1S/C18H19N5O2/c19-17(24)16(13-6-2-1-3-7-13)22-18(25)20-10-9-14-12-23-11-5-4-8-15(23)21-14/h1-8,11-12,16H,9-10H2,(H2,19,24)(H2,20,22,25). The van der Waals surface area contributed by atoms with Crippen molar-refractivity contribution in [3.05, 3.63) is 72.2 Å². The first kappa shape index (κ1) is 16.5. The maximum Gasteiger partial charge on any atom is 0.315 e. The predicted octanol–water partition coefficient (Wildman–Crippen LogP) is 1.40. The highest BCUT2D eigenvalue weighted by Crippen LogP contribution is 2.11. The second-order valence-corrected chi connectivity index (χ2v) is 5.59. The summed E-state index contributed by atoms with van der Waals surface area (Å²) in [5.41, 5.74) is 7.77. The number of fused-ring (bicyclic) bond motifs is 1. The van der Waals surface area contributed by atoms with Crippen molar-refractivity contribution >= 4 is 17.6 Å². The summed E-state index contributed by atoms with van der Waals surface area (Å²) in [7, 11) is 0. The van der Waals surface area contributed by atoms with E-state index in [4.69, 9.17) is 5.73 Å². The van der Waals surface area contributed by atoms with Crippen molar-refractivity contribution in [3.63, 3.8) is 0 Å². The minimum Gasteiger partial charge on any atom is -0.368 e. The molecule has 3 aromatic rings. The zero-order valence-corrected chi connectivity index (χ0v) is 13.6. The van der Waals surface area contributed by atoms with Crippen LogP contribution in [0.5, 0.6) is 0 Å². The number of nitrogens with two attached hydrogens (primary N) is 1. The first-order valence-electron chi connectivity index (χ1n) is 7.95. The molecule has 1 aromatic carbocycles. The number of aromatic nitrogens is 2. The number of primary amides is 1. The molecular formula is C18H19N5O2. The summed E-state index contributed by atoms with van der Waals surface area (Å²) in [6, 6.07) is 13.3. The number of hydrogen-bond donors (Lipinski definition) is 3. The SMILES string of the molecule is NC(=O)C(NC(=O)NCCc1cn2ccccc2n1)c1ccccc1. The van der Waals surface area contributed by atoms with Crippen LogP contribution in [0, 0.1) is 0 Å². The number of nitrogens with zero attached hydrogens (tertiary/aromatic N) is 2. The molecule has 7 nitrogen and oxygen atoms in total. The van der Waals surface area contributed by atoms with Crippen molar-refractivity contribution in [3.8, 4) is 0 Å². The summed E-state index contributed by atoms with van der Waals surface area (Å²) >= 11 is 0. The van der Waals surface area contributed by atoms with Crippen molar-refractivity contribution in [1.29, 1.82) is 0 Å². The van der Waals surface area contributed by atoms with Gasteiger partial charge in [0.25, 0.3) is 0 Å². The quantitative estimate of drug-likeness (QED) is 0.634. The first-order chi connectivity index (χ1) is 12.1. The van der Waals surface area contributed by atoms with E-state index in [-0.39, 0.29) is 0 Å². The van der Waals surface area contributed by atoms with E-state index in [1.54, 1.807) is 24.3 Å². The van der Waals surface area contributed by atoms with Gasteiger partial charge in [0.1, 0.15) is 11.7 Å². The van der Waals surface area contributed by atoms with Crippen LogP contribution in [-0.2, 0) is 11.2 Å². The zero-order chi connectivity index (χ0) is 17.6. The second kappa shape index (κ2) is 7.48. The highest BCUT2D eigenvalue weighted by Gasteiger charge is 2.19. The molecule has 0 fully saturated rings. The van der Waals surface area contributed by atoms with E-state index in [0.29, 0.717) is 18.5 Å². The molecular weight excluding hydrogens is 318 g/mol. The molecule has 0 aliphatic heterocycles. The Kier molecular flexibility index (Phi) is 4.94. The normalized spacial score (nSPS) is 11.8. The van der Waals surface area contributed by atoms with Gasteiger partial charge in [-0.05, 0) is 17.7 Å². The Balaban J connectivity index is 1.54. The lowest BCUT2D eigenvalue weighted by molar-refractivity contribution is -0.119. The third kappa shape index (κ3) is 4.14. The lowest BCUT2D eigenvalue weighted by Crippen LogP contribution is -2.43. The topological polar surface area (TPSA) is 102 Å². The molecule has 0 bridgehead atoms. The second-order valence-electron chi connectivity index (χ2n) is 5.59. The summed E-state index contributed by atoms with van der Waals surface area (Å²) in [5.74, 6) is -0.610. The highest BCUT2D eigenvalue weighted by atomic mass is 16.2. The maximum atomic E-state index is 12.0. The fraction of sp³-hybridized carbons (Fsp3) is 0.167. The molecule has 0 saturated heterocycles. The Morgan fingerprint density at radius 1 is 1.12 bits per heavy atom. The summed E-state index contributed by atoms with van der Waals surface area (Å²) in [6.45, 7) is 0.399. The van der Waals surface area contributed by atoms with E-state index in [0.717, 1.165) is 11.3 Å². The van der Waals surface area contributed by atoms with Crippen LogP contribution in [0.3, 0.4) is 0 Å². The van der Waals surface area contributed by atoms with Gasteiger partial charge in [0.05, 0.1) is 5.69 Å². The Morgan fingerprint density at radius 3 is 2.60 bits per heavy atom. The van der Waals surface area contributed by atoms with Crippen LogP contribution in [0.15, 0.2) is 60.9 Å². The molecule has 4 N–H and O–H groups in total. The molecule has 3 amide bonds. The van der Waals surface area contributed by atoms with Crippen LogP contribution < -0.4 is 16.4 Å². The predicted molar refractivity (Wildman–Crippen MR) is 93.8 cm³/mol. The number of imidazole rings is 1. The lowest BCUT2D eigenvalue weighted by atomic mass is 10.1. The van der Waals surface area contributed by atoms with Gasteiger partial charge in [0.15, 0.2) is 0 Å². The minimum absolute atomic E-state index is 0.399. The number of rotatable bonds is 6. The number of carbonyl (C=O) groups is 2. The summed E-state index contributed by atoms with van der Waals surface area (Å²) in [4.78, 5) is 28.1. The Hall–Kier alpha value is -3.35. The van der Waals surface area contributed by atoms with E-state index in [1.807, 2.05) is 41.1 Å². The number of hydrogen-bond acceptors (Lipinski definition) is 3. The first-order valence-corrected chi connectivity index (χ1v) is 7.95. The van der Waals surface area contributed by atoms with Crippen LogP contribution in [0.2, 0.25) is 0 Å². The Morgan fingerprint density at radius 2 is 1.88 bits per heavy atom. The smallest absolute Gasteiger partial charge is 0.315 e. The van der Waals surface area contributed by atoms with E-state index in [2.05, 4.69) is 15.6 Å². The molecule has 0 spiro atoms. The number of amides is 3. The van der Waals surface area contributed by atoms with Crippen molar-refractivity contribution in [2.24, 2.45) is 5.73 Å². The van der Waals surface area contributed by atoms with E-state index < -0.39 is 18.0 Å². The maximum absolute atomic E-state index is 12.0. The number of pyridine rings is 1. The molecule has 0 radical (unpaired) electrons. The van der Waals surface area contributed by atoms with Gasteiger partial charge >= 0.3 is 6.03 Å². The molecule has 0 saturated carbocycles. The average molecular weight is 337 g/mol. The minimum atomic E-state index is -0.864. The van der Waals surface area contributed by atoms with Crippen molar-refractivity contribution < 1.29 is 9.59 Å². The molecule has 1 atom stereocenters. The van der Waals surface area contributed by atoms with Crippen molar-refractivity contribution in [1.82, 2.24) is 20.0 Å². The van der Waals surface area contributed by atoms with Crippen LogP contribution in [-0.4, -0.2) is 27.9 Å². The van der Waals surface area contributed by atoms with E-state index >= 15 is 0 Å². The Labute approximate surface area is 144 Å². The van der Waals surface area contributed by atoms with Gasteiger partial charge in [-0.25, -0.2) is 9.78 Å². The van der Waals surface area contributed by atoms with Gasteiger partial charge in [-0.3, -0.25) is 4.79 Å². The third-order valence-corrected chi connectivity index (χ3v) is 3.77. The van der Waals surface area contributed by atoms with Crippen LogP contribution in [0.25, 0.3) is 5.65 Å². The average Bonchev–Trinajstić information content (AvgIpc) is 3.03. The van der Waals surface area contributed by atoms with E-state index in [9.17, 15) is 9.59 Å². The fourth-order valence-electron chi connectivity index (χ4n) is 2.56. The molecule has 1 unspecified atom stereocenters. The van der Waals surface area contributed by atoms with Crippen LogP contribution in [0.4, 0.5) is 4.79 Å². The summed E-state index contributed by atoms with van der Waals surface area (Å²) in [5, 5.41) is 5.32. The van der Waals surface area contributed by atoms with Gasteiger partial charge in [0.2, 0.25) is 5.91 Å². The van der Waals surface area contributed by atoms with Gasteiger partial charge in [0, 0.05) is 25.4 Å². The molecule has 0 aliphatic rings. The van der Waals surface area contributed by atoms with Crippen molar-refractivity contribution in [2.75, 3.05) is 6.54 Å². The van der Waals surface area contributed by atoms with Crippen LogP contribution in [0.1, 0.15) is 17.3 Å². The number of benzene rings is 1. The third-order valence-electron chi connectivity index (χ3n) is 3.77. The fourth-order valence-corrected chi connectivity index (χ4v) is 2.56. The molecule has 3 rings (SSSR count). The van der Waals surface area contributed by atoms with Crippen LogP contribution >= 0.6 is 0 Å². The monoisotopic (exact) mass is 337 g/mol. The number of carbonyl (C=O) groups excluding carboxylic acids is 2. The van der Waals surface area contributed by atoms with Crippen molar-refractivity contribution in [2.45, 2.75) is 12.5 Å². The lowest BCUT2D eigenvalue weighted by Gasteiger charge is -2.16. The molecule has 2 aromatic heterocycles. The molecule has 25 heavy (non-hydrogen) atoms. The number of urea groups is 1. The van der Waals surface area contributed by atoms with Gasteiger partial charge in [-0.15, -0.1) is 0 Å². The largest absolute Gasteiger partial charge is 0.368 e. The molecule has 2 heterocycles.